The number of imide groups is 1. The van der Waals surface area contributed by atoms with E-state index in [0.29, 0.717) is 24.2 Å². The molecule has 1 aromatic carbocycles. The number of likely N-dealkylation sites (tertiary alicyclic amines) is 1. The van der Waals surface area contributed by atoms with Crippen molar-refractivity contribution in [2.75, 3.05) is 13.1 Å². The number of hydrogen-bond acceptors (Lipinski definition) is 3. The number of carbonyl (C=O) groups is 3. The van der Waals surface area contributed by atoms with Crippen LogP contribution in [0, 0.1) is 0 Å². The van der Waals surface area contributed by atoms with Crippen LogP contribution in [0.5, 0.6) is 0 Å². The first-order chi connectivity index (χ1) is 9.94. The molecule has 110 valence electrons. The van der Waals surface area contributed by atoms with Crippen molar-refractivity contribution >= 4 is 17.7 Å². The Morgan fingerprint density at radius 2 is 1.48 bits per heavy atom. The van der Waals surface area contributed by atoms with Gasteiger partial charge in [0.15, 0.2) is 0 Å². The highest BCUT2D eigenvalue weighted by Crippen LogP contribution is 2.31. The summed E-state index contributed by atoms with van der Waals surface area (Å²) in [5.74, 6) is -0.921. The van der Waals surface area contributed by atoms with Gasteiger partial charge >= 0.3 is 0 Å². The standard InChI is InChI=1S/C16H18N2O3/c1-16(2,15(21)17-9-5-6-10-17)18-13(19)11-7-3-4-8-12(11)14(18)20/h3-4,7-8H,5-6,9-10H2,1-2H3. The molecule has 3 amide bonds. The molecule has 0 aromatic heterocycles. The maximum absolute atomic E-state index is 12.7. The Hall–Kier alpha value is -2.17. The molecule has 2 aliphatic rings. The van der Waals surface area contributed by atoms with Crippen molar-refractivity contribution in [1.82, 2.24) is 9.80 Å². The van der Waals surface area contributed by atoms with Crippen molar-refractivity contribution in [2.45, 2.75) is 32.2 Å². The van der Waals surface area contributed by atoms with E-state index in [1.54, 1.807) is 43.0 Å². The average Bonchev–Trinajstić information content (AvgIpc) is 3.07. The Labute approximate surface area is 123 Å². The molecule has 21 heavy (non-hydrogen) atoms. The van der Waals surface area contributed by atoms with Gasteiger partial charge in [0.05, 0.1) is 11.1 Å². The molecular weight excluding hydrogens is 268 g/mol. The number of fused-ring (bicyclic) bond motifs is 1. The molecule has 0 atom stereocenters. The second kappa shape index (κ2) is 4.69. The smallest absolute Gasteiger partial charge is 0.262 e. The minimum Gasteiger partial charge on any atom is -0.341 e. The zero-order valence-corrected chi connectivity index (χ0v) is 12.3. The van der Waals surface area contributed by atoms with E-state index in [9.17, 15) is 14.4 Å². The van der Waals surface area contributed by atoms with Crippen molar-refractivity contribution < 1.29 is 14.4 Å². The van der Waals surface area contributed by atoms with Gasteiger partial charge in [-0.2, -0.15) is 0 Å². The van der Waals surface area contributed by atoms with Gasteiger partial charge in [-0.15, -0.1) is 0 Å². The van der Waals surface area contributed by atoms with Gasteiger partial charge in [-0.25, -0.2) is 0 Å². The molecule has 5 nitrogen and oxygen atoms in total. The molecule has 1 fully saturated rings. The highest BCUT2D eigenvalue weighted by Gasteiger charge is 2.49. The molecular formula is C16H18N2O3. The summed E-state index contributed by atoms with van der Waals surface area (Å²) >= 11 is 0. The van der Waals surface area contributed by atoms with Crippen LogP contribution >= 0.6 is 0 Å². The largest absolute Gasteiger partial charge is 0.341 e. The molecule has 2 heterocycles. The van der Waals surface area contributed by atoms with E-state index in [1.165, 1.54) is 0 Å². The van der Waals surface area contributed by atoms with Crippen molar-refractivity contribution in [3.63, 3.8) is 0 Å². The number of carbonyl (C=O) groups excluding carboxylic acids is 3. The molecule has 0 saturated carbocycles. The minimum atomic E-state index is -1.16. The third-order valence-electron chi connectivity index (χ3n) is 4.27. The first-order valence-corrected chi connectivity index (χ1v) is 7.22. The third kappa shape index (κ3) is 1.95. The molecule has 0 N–H and O–H groups in total. The van der Waals surface area contributed by atoms with E-state index < -0.39 is 5.54 Å². The van der Waals surface area contributed by atoms with Crippen LogP contribution in [0.4, 0.5) is 0 Å². The van der Waals surface area contributed by atoms with Crippen LogP contribution in [0.2, 0.25) is 0 Å². The molecule has 0 unspecified atom stereocenters. The molecule has 1 saturated heterocycles. The lowest BCUT2D eigenvalue weighted by Gasteiger charge is -2.35. The van der Waals surface area contributed by atoms with E-state index >= 15 is 0 Å². The second-order valence-electron chi connectivity index (χ2n) is 6.05. The molecule has 0 aliphatic carbocycles. The number of amides is 3. The second-order valence-corrected chi connectivity index (χ2v) is 6.05. The first kappa shape index (κ1) is 13.8. The van der Waals surface area contributed by atoms with E-state index in [2.05, 4.69) is 0 Å². The summed E-state index contributed by atoms with van der Waals surface area (Å²) in [7, 11) is 0. The summed E-state index contributed by atoms with van der Waals surface area (Å²) in [6.45, 7) is 4.70. The first-order valence-electron chi connectivity index (χ1n) is 7.22. The Balaban J connectivity index is 1.95. The zero-order valence-electron chi connectivity index (χ0n) is 12.3. The van der Waals surface area contributed by atoms with Gasteiger partial charge in [-0.05, 0) is 38.8 Å². The molecule has 5 heteroatoms. The number of benzene rings is 1. The monoisotopic (exact) mass is 286 g/mol. The molecule has 0 radical (unpaired) electrons. The summed E-state index contributed by atoms with van der Waals surface area (Å²) in [4.78, 5) is 40.5. The predicted octanol–water partition coefficient (Wildman–Crippen LogP) is 1.68. The van der Waals surface area contributed by atoms with Gasteiger partial charge in [-0.1, -0.05) is 12.1 Å². The van der Waals surface area contributed by atoms with Crippen LogP contribution < -0.4 is 0 Å². The maximum Gasteiger partial charge on any atom is 0.262 e. The fourth-order valence-electron chi connectivity index (χ4n) is 3.10. The summed E-state index contributed by atoms with van der Waals surface area (Å²) in [6, 6.07) is 6.71. The Morgan fingerprint density at radius 3 is 1.95 bits per heavy atom. The third-order valence-corrected chi connectivity index (χ3v) is 4.27. The maximum atomic E-state index is 12.7. The highest BCUT2D eigenvalue weighted by atomic mass is 16.2. The quantitative estimate of drug-likeness (QED) is 0.777. The van der Waals surface area contributed by atoms with Gasteiger partial charge in [0.1, 0.15) is 5.54 Å². The van der Waals surface area contributed by atoms with Gasteiger partial charge < -0.3 is 4.90 Å². The van der Waals surface area contributed by atoms with Crippen LogP contribution in [-0.2, 0) is 4.79 Å². The molecule has 0 bridgehead atoms. The van der Waals surface area contributed by atoms with Crippen LogP contribution in [0.15, 0.2) is 24.3 Å². The number of nitrogens with zero attached hydrogens (tertiary/aromatic N) is 2. The topological polar surface area (TPSA) is 57.7 Å². The van der Waals surface area contributed by atoms with Crippen LogP contribution in [0.3, 0.4) is 0 Å². The lowest BCUT2D eigenvalue weighted by molar-refractivity contribution is -0.138. The van der Waals surface area contributed by atoms with Crippen LogP contribution in [0.1, 0.15) is 47.4 Å². The number of rotatable bonds is 2. The fourth-order valence-corrected chi connectivity index (χ4v) is 3.10. The lowest BCUT2D eigenvalue weighted by Crippen LogP contribution is -2.57. The zero-order chi connectivity index (χ0) is 15.2. The minimum absolute atomic E-state index is 0.158. The number of hydrogen-bond donors (Lipinski definition) is 0. The summed E-state index contributed by atoms with van der Waals surface area (Å²) in [6.07, 6.45) is 1.95. The van der Waals surface area contributed by atoms with Crippen molar-refractivity contribution in [2.24, 2.45) is 0 Å². The Morgan fingerprint density at radius 1 is 1.00 bits per heavy atom. The van der Waals surface area contributed by atoms with Gasteiger partial charge in [0.25, 0.3) is 11.8 Å². The van der Waals surface area contributed by atoms with Crippen molar-refractivity contribution in [3.8, 4) is 0 Å². The van der Waals surface area contributed by atoms with Crippen LogP contribution in [0.25, 0.3) is 0 Å². The lowest BCUT2D eigenvalue weighted by atomic mass is 10.0. The molecule has 3 rings (SSSR count). The summed E-state index contributed by atoms with van der Waals surface area (Å²) in [5, 5.41) is 0. The Bertz CT molecular complexity index is 595. The van der Waals surface area contributed by atoms with Crippen LogP contribution in [-0.4, -0.2) is 46.1 Å². The normalized spacial score (nSPS) is 18.4. The van der Waals surface area contributed by atoms with E-state index in [0.717, 1.165) is 17.7 Å². The van der Waals surface area contributed by atoms with E-state index in [1.807, 2.05) is 0 Å². The summed E-state index contributed by atoms with van der Waals surface area (Å²) < 4.78 is 0. The molecule has 1 aromatic rings. The fraction of sp³-hybridized carbons (Fsp3) is 0.438. The SMILES string of the molecule is CC(C)(C(=O)N1CCCC1)N1C(=O)c2ccccc2C1=O. The van der Waals surface area contributed by atoms with Crippen molar-refractivity contribution in [1.29, 1.82) is 0 Å². The average molecular weight is 286 g/mol. The summed E-state index contributed by atoms with van der Waals surface area (Å²) in [5.41, 5.74) is -0.396. The molecule has 0 spiro atoms. The van der Waals surface area contributed by atoms with Gasteiger partial charge in [-0.3, -0.25) is 19.3 Å². The van der Waals surface area contributed by atoms with Gasteiger partial charge in [0.2, 0.25) is 5.91 Å². The highest BCUT2D eigenvalue weighted by molar-refractivity contribution is 6.23. The van der Waals surface area contributed by atoms with E-state index in [4.69, 9.17) is 0 Å². The Kier molecular flexibility index (Phi) is 3.08. The van der Waals surface area contributed by atoms with Gasteiger partial charge in [0, 0.05) is 13.1 Å². The van der Waals surface area contributed by atoms with E-state index in [-0.39, 0.29) is 17.7 Å². The van der Waals surface area contributed by atoms with Crippen molar-refractivity contribution in [3.05, 3.63) is 35.4 Å². The predicted molar refractivity (Wildman–Crippen MR) is 76.8 cm³/mol. The molecule has 2 aliphatic heterocycles.